The Hall–Kier alpha value is -2.80. The largest absolute Gasteiger partial charge is 0.497 e. The summed E-state index contributed by atoms with van der Waals surface area (Å²) < 4.78 is 12.2. The molecule has 0 saturated heterocycles. The highest BCUT2D eigenvalue weighted by Gasteiger charge is 2.13. The van der Waals surface area contributed by atoms with Crippen molar-refractivity contribution in [2.75, 3.05) is 19.5 Å². The van der Waals surface area contributed by atoms with Crippen molar-refractivity contribution in [3.05, 3.63) is 58.4 Å². The number of carbonyl (C=O) groups excluding carboxylic acids is 1. The Morgan fingerprint density at radius 3 is 2.58 bits per heavy atom. The van der Waals surface area contributed by atoms with Gasteiger partial charge in [0.1, 0.15) is 17.3 Å². The highest BCUT2D eigenvalue weighted by molar-refractivity contribution is 7.09. The third-order valence-electron chi connectivity index (χ3n) is 3.46. The van der Waals surface area contributed by atoms with E-state index in [-0.39, 0.29) is 5.91 Å². The standard InChI is InChI=1S/C17H17N3O3S/c1-22-13-8-12(9-14(10-13)23-2)17(21)19-16-5-6-18-20(16)11-15-4-3-7-24-15/h3-10H,11H2,1-2H3,(H,19,21). The number of nitrogens with one attached hydrogen (secondary N) is 1. The quantitative estimate of drug-likeness (QED) is 0.746. The molecule has 0 spiro atoms. The number of hydrogen-bond acceptors (Lipinski definition) is 5. The van der Waals surface area contributed by atoms with Gasteiger partial charge in [-0.2, -0.15) is 5.10 Å². The van der Waals surface area contributed by atoms with Gasteiger partial charge in [-0.05, 0) is 23.6 Å². The highest BCUT2D eigenvalue weighted by Crippen LogP contribution is 2.23. The van der Waals surface area contributed by atoms with Crippen molar-refractivity contribution in [2.24, 2.45) is 0 Å². The topological polar surface area (TPSA) is 65.4 Å². The molecule has 24 heavy (non-hydrogen) atoms. The molecule has 1 N–H and O–H groups in total. The first-order valence-corrected chi connectivity index (χ1v) is 8.16. The van der Waals surface area contributed by atoms with Crippen molar-refractivity contribution in [2.45, 2.75) is 6.54 Å². The van der Waals surface area contributed by atoms with Crippen LogP contribution in [0.1, 0.15) is 15.2 Å². The molecule has 0 fully saturated rings. The van der Waals surface area contributed by atoms with Gasteiger partial charge in [-0.15, -0.1) is 11.3 Å². The number of methoxy groups -OCH3 is 2. The molecule has 0 aliphatic heterocycles. The third-order valence-corrected chi connectivity index (χ3v) is 4.32. The number of hydrogen-bond donors (Lipinski definition) is 1. The molecule has 1 aromatic carbocycles. The van der Waals surface area contributed by atoms with Gasteiger partial charge in [-0.1, -0.05) is 6.07 Å². The van der Waals surface area contributed by atoms with Crippen LogP contribution in [0.5, 0.6) is 11.5 Å². The van der Waals surface area contributed by atoms with Crippen LogP contribution in [0.3, 0.4) is 0 Å². The van der Waals surface area contributed by atoms with Crippen molar-refractivity contribution < 1.29 is 14.3 Å². The third kappa shape index (κ3) is 3.57. The molecular weight excluding hydrogens is 326 g/mol. The first kappa shape index (κ1) is 16.1. The first-order valence-electron chi connectivity index (χ1n) is 7.28. The summed E-state index contributed by atoms with van der Waals surface area (Å²) in [6.07, 6.45) is 1.66. The molecule has 1 amide bonds. The molecule has 2 aromatic heterocycles. The van der Waals surface area contributed by atoms with Gasteiger partial charge in [0.2, 0.25) is 0 Å². The van der Waals surface area contributed by atoms with Crippen LogP contribution in [-0.2, 0) is 6.54 Å². The fourth-order valence-corrected chi connectivity index (χ4v) is 2.93. The first-order chi connectivity index (χ1) is 11.7. The van der Waals surface area contributed by atoms with Gasteiger partial charge < -0.3 is 14.8 Å². The number of thiophene rings is 1. The average Bonchev–Trinajstić information content (AvgIpc) is 3.27. The minimum Gasteiger partial charge on any atom is -0.497 e. The van der Waals surface area contributed by atoms with E-state index in [1.165, 1.54) is 0 Å². The summed E-state index contributed by atoms with van der Waals surface area (Å²) in [5.41, 5.74) is 0.454. The van der Waals surface area contributed by atoms with Crippen molar-refractivity contribution in [3.8, 4) is 11.5 Å². The Balaban J connectivity index is 1.79. The molecule has 3 rings (SSSR count). The molecule has 0 aliphatic carbocycles. The Morgan fingerprint density at radius 2 is 1.96 bits per heavy atom. The van der Waals surface area contributed by atoms with E-state index in [9.17, 15) is 4.79 Å². The Morgan fingerprint density at radius 1 is 1.21 bits per heavy atom. The zero-order valence-corrected chi connectivity index (χ0v) is 14.2. The molecule has 7 heteroatoms. The van der Waals surface area contributed by atoms with E-state index in [1.807, 2.05) is 17.5 Å². The number of anilines is 1. The molecule has 2 heterocycles. The van der Waals surface area contributed by atoms with Crippen LogP contribution in [0, 0.1) is 0 Å². The zero-order chi connectivity index (χ0) is 16.9. The predicted octanol–water partition coefficient (Wildman–Crippen LogP) is 3.26. The molecule has 0 radical (unpaired) electrons. The van der Waals surface area contributed by atoms with Crippen LogP contribution >= 0.6 is 11.3 Å². The van der Waals surface area contributed by atoms with Crippen molar-refractivity contribution in [3.63, 3.8) is 0 Å². The van der Waals surface area contributed by atoms with E-state index in [2.05, 4.69) is 10.4 Å². The summed E-state index contributed by atoms with van der Waals surface area (Å²) in [6.45, 7) is 0.613. The van der Waals surface area contributed by atoms with Crippen molar-refractivity contribution >= 4 is 23.1 Å². The second-order valence-electron chi connectivity index (χ2n) is 5.01. The summed E-state index contributed by atoms with van der Waals surface area (Å²) >= 11 is 1.65. The monoisotopic (exact) mass is 343 g/mol. The number of nitrogens with zero attached hydrogens (tertiary/aromatic N) is 2. The minimum atomic E-state index is -0.250. The summed E-state index contributed by atoms with van der Waals surface area (Å²) in [5, 5.41) is 9.15. The maximum Gasteiger partial charge on any atom is 0.257 e. The lowest BCUT2D eigenvalue weighted by atomic mass is 10.2. The number of aromatic nitrogens is 2. The predicted molar refractivity (Wildman–Crippen MR) is 93.1 cm³/mol. The summed E-state index contributed by atoms with van der Waals surface area (Å²) in [7, 11) is 3.10. The van der Waals surface area contributed by atoms with Crippen LogP contribution in [-0.4, -0.2) is 29.9 Å². The lowest BCUT2D eigenvalue weighted by Gasteiger charge is -2.10. The number of benzene rings is 1. The Bertz CT molecular complexity index is 805. The van der Waals surface area contributed by atoms with Gasteiger partial charge in [0.15, 0.2) is 0 Å². The van der Waals surface area contributed by atoms with Crippen LogP contribution < -0.4 is 14.8 Å². The number of rotatable bonds is 6. The van der Waals surface area contributed by atoms with E-state index in [4.69, 9.17) is 9.47 Å². The summed E-state index contributed by atoms with van der Waals surface area (Å²) in [5.74, 6) is 1.51. The molecule has 3 aromatic rings. The Kier molecular flexibility index (Phi) is 4.81. The molecule has 124 valence electrons. The van der Waals surface area contributed by atoms with Gasteiger partial charge in [0.05, 0.1) is 27.0 Å². The van der Waals surface area contributed by atoms with Gasteiger partial charge in [-0.25, -0.2) is 4.68 Å². The molecule has 0 saturated carbocycles. The van der Waals surface area contributed by atoms with Crippen LogP contribution in [0.25, 0.3) is 0 Å². The van der Waals surface area contributed by atoms with Gasteiger partial charge >= 0.3 is 0 Å². The average molecular weight is 343 g/mol. The summed E-state index contributed by atoms with van der Waals surface area (Å²) in [4.78, 5) is 13.7. The lowest BCUT2D eigenvalue weighted by Crippen LogP contribution is -2.16. The molecule has 0 atom stereocenters. The maximum atomic E-state index is 12.5. The van der Waals surface area contributed by atoms with Crippen molar-refractivity contribution in [1.82, 2.24) is 9.78 Å². The Labute approximate surface area is 143 Å². The van der Waals surface area contributed by atoms with E-state index in [1.54, 1.807) is 60.7 Å². The second-order valence-corrected chi connectivity index (χ2v) is 6.04. The van der Waals surface area contributed by atoms with E-state index in [0.717, 1.165) is 4.88 Å². The van der Waals surface area contributed by atoms with Gasteiger partial charge in [0.25, 0.3) is 5.91 Å². The highest BCUT2D eigenvalue weighted by atomic mass is 32.1. The fourth-order valence-electron chi connectivity index (χ4n) is 2.24. The number of amides is 1. The minimum absolute atomic E-state index is 0.250. The van der Waals surface area contributed by atoms with E-state index in [0.29, 0.717) is 29.4 Å². The van der Waals surface area contributed by atoms with Crippen LogP contribution in [0.15, 0.2) is 48.0 Å². The molecule has 0 unspecified atom stereocenters. The number of ether oxygens (including phenoxy) is 2. The SMILES string of the molecule is COc1cc(OC)cc(C(=O)Nc2ccnn2Cc2cccs2)c1. The molecule has 0 bridgehead atoms. The fraction of sp³-hybridized carbons (Fsp3) is 0.176. The molecule has 0 aliphatic rings. The number of carbonyl (C=O) groups is 1. The smallest absolute Gasteiger partial charge is 0.257 e. The van der Waals surface area contributed by atoms with Gasteiger partial charge in [-0.3, -0.25) is 4.79 Å². The lowest BCUT2D eigenvalue weighted by molar-refractivity contribution is 0.102. The van der Waals surface area contributed by atoms with Crippen LogP contribution in [0.2, 0.25) is 0 Å². The van der Waals surface area contributed by atoms with Crippen molar-refractivity contribution in [1.29, 1.82) is 0 Å². The molecule has 6 nitrogen and oxygen atoms in total. The van der Waals surface area contributed by atoms with E-state index >= 15 is 0 Å². The maximum absolute atomic E-state index is 12.5. The second kappa shape index (κ2) is 7.18. The van der Waals surface area contributed by atoms with Crippen LogP contribution in [0.4, 0.5) is 5.82 Å². The normalized spacial score (nSPS) is 10.4. The summed E-state index contributed by atoms with van der Waals surface area (Å²) in [6, 6.07) is 10.8. The van der Waals surface area contributed by atoms with E-state index < -0.39 is 0 Å². The zero-order valence-electron chi connectivity index (χ0n) is 13.4. The molecular formula is C17H17N3O3S. The van der Waals surface area contributed by atoms with Gasteiger partial charge in [0, 0.05) is 22.6 Å².